The smallest absolute Gasteiger partial charge is 0.343 e. The van der Waals surface area contributed by atoms with Gasteiger partial charge in [-0.15, -0.1) is 0 Å². The first kappa shape index (κ1) is 19.1. The molecule has 0 atom stereocenters. The Labute approximate surface area is 150 Å². The summed E-state index contributed by atoms with van der Waals surface area (Å²) in [6, 6.07) is 8.63. The minimum absolute atomic E-state index is 0.0532. The van der Waals surface area contributed by atoms with E-state index in [0.717, 1.165) is 18.2 Å². The van der Waals surface area contributed by atoms with Crippen molar-refractivity contribution in [1.29, 1.82) is 0 Å². The lowest BCUT2D eigenvalue weighted by molar-refractivity contribution is -0.137. The Morgan fingerprint density at radius 1 is 1.04 bits per heavy atom. The molecule has 9 heteroatoms. The van der Waals surface area contributed by atoms with Crippen LogP contribution in [-0.2, 0) is 11.0 Å². The summed E-state index contributed by atoms with van der Waals surface area (Å²) in [4.78, 5) is 23.7. The zero-order valence-corrected chi connectivity index (χ0v) is 14.0. The van der Waals surface area contributed by atoms with E-state index in [2.05, 4.69) is 10.6 Å². The minimum Gasteiger partial charge on any atom is -0.343 e. The number of alkyl halides is 3. The van der Waals surface area contributed by atoms with Gasteiger partial charge in [0.25, 0.3) is 5.91 Å². The predicted octanol–water partition coefficient (Wildman–Crippen LogP) is 4.38. The Bertz CT molecular complexity index is 810. The zero-order chi connectivity index (χ0) is 18.6. The van der Waals surface area contributed by atoms with Gasteiger partial charge in [-0.2, -0.15) is 13.2 Å². The number of benzene rings is 2. The summed E-state index contributed by atoms with van der Waals surface area (Å²) >= 11 is 11.5. The SMILES string of the molecule is O=C(CNC(=O)c1cccc(Cl)c1)Nc1cc(C(F)(F)F)ccc1Cl. The lowest BCUT2D eigenvalue weighted by Gasteiger charge is -2.12. The molecule has 0 aliphatic heterocycles. The second kappa shape index (κ2) is 7.76. The average molecular weight is 391 g/mol. The summed E-state index contributed by atoms with van der Waals surface area (Å²) < 4.78 is 38.1. The molecular weight excluding hydrogens is 380 g/mol. The molecule has 2 N–H and O–H groups in total. The highest BCUT2D eigenvalue weighted by molar-refractivity contribution is 6.33. The van der Waals surface area contributed by atoms with E-state index in [4.69, 9.17) is 23.2 Å². The number of nitrogens with one attached hydrogen (secondary N) is 2. The molecule has 0 aliphatic rings. The normalized spacial score (nSPS) is 11.1. The molecule has 2 amide bonds. The van der Waals surface area contributed by atoms with Gasteiger partial charge in [-0.1, -0.05) is 29.3 Å². The van der Waals surface area contributed by atoms with Crippen molar-refractivity contribution in [3.63, 3.8) is 0 Å². The maximum atomic E-state index is 12.7. The number of amides is 2. The molecule has 0 radical (unpaired) electrons. The van der Waals surface area contributed by atoms with Crippen LogP contribution in [0.1, 0.15) is 15.9 Å². The van der Waals surface area contributed by atoms with E-state index in [1.165, 1.54) is 12.1 Å². The van der Waals surface area contributed by atoms with E-state index in [9.17, 15) is 22.8 Å². The van der Waals surface area contributed by atoms with Crippen molar-refractivity contribution in [2.45, 2.75) is 6.18 Å². The van der Waals surface area contributed by atoms with Crippen LogP contribution in [0.3, 0.4) is 0 Å². The number of hydrogen-bond donors (Lipinski definition) is 2. The van der Waals surface area contributed by atoms with Crippen molar-refractivity contribution < 1.29 is 22.8 Å². The van der Waals surface area contributed by atoms with Gasteiger partial charge in [-0.25, -0.2) is 0 Å². The third-order valence-corrected chi connectivity index (χ3v) is 3.63. The van der Waals surface area contributed by atoms with Gasteiger partial charge in [0.15, 0.2) is 0 Å². The molecule has 0 aromatic heterocycles. The maximum Gasteiger partial charge on any atom is 0.416 e. The molecule has 25 heavy (non-hydrogen) atoms. The number of carbonyl (C=O) groups excluding carboxylic acids is 2. The summed E-state index contributed by atoms with van der Waals surface area (Å²) in [6.07, 6.45) is -4.56. The Hall–Kier alpha value is -2.25. The monoisotopic (exact) mass is 390 g/mol. The van der Waals surface area contributed by atoms with Gasteiger partial charge in [0.2, 0.25) is 5.91 Å². The lowest BCUT2D eigenvalue weighted by Crippen LogP contribution is -2.33. The molecule has 0 aliphatic carbocycles. The van der Waals surface area contributed by atoms with E-state index in [0.29, 0.717) is 5.02 Å². The standard InChI is InChI=1S/C16H11Cl2F3N2O2/c17-11-3-1-2-9(6-11)15(25)22-8-14(24)23-13-7-10(16(19,20)21)4-5-12(13)18/h1-7H,8H2,(H,22,25)(H,23,24). The first-order valence-corrected chi connectivity index (χ1v) is 7.63. The Balaban J connectivity index is 2.00. The minimum atomic E-state index is -4.56. The number of rotatable bonds is 4. The number of carbonyl (C=O) groups is 2. The van der Waals surface area contributed by atoms with Crippen LogP contribution >= 0.6 is 23.2 Å². The summed E-state index contributed by atoms with van der Waals surface area (Å²) in [6.45, 7) is -0.447. The molecule has 4 nitrogen and oxygen atoms in total. The van der Waals surface area contributed by atoms with Crippen molar-refractivity contribution in [2.24, 2.45) is 0 Å². The zero-order valence-electron chi connectivity index (χ0n) is 12.5. The third-order valence-electron chi connectivity index (χ3n) is 3.06. The van der Waals surface area contributed by atoms with Crippen molar-refractivity contribution >= 4 is 40.7 Å². The summed E-state index contributed by atoms with van der Waals surface area (Å²) in [5, 5.41) is 4.87. The van der Waals surface area contributed by atoms with Gasteiger partial charge >= 0.3 is 6.18 Å². The number of halogens is 5. The molecule has 0 unspecified atom stereocenters. The van der Waals surface area contributed by atoms with Gasteiger partial charge in [-0.05, 0) is 36.4 Å². The first-order chi connectivity index (χ1) is 11.7. The molecule has 0 spiro atoms. The molecule has 0 bridgehead atoms. The van der Waals surface area contributed by atoms with Crippen LogP contribution < -0.4 is 10.6 Å². The van der Waals surface area contributed by atoms with Crippen molar-refractivity contribution in [3.8, 4) is 0 Å². The Morgan fingerprint density at radius 3 is 2.40 bits per heavy atom. The van der Waals surface area contributed by atoms with Crippen LogP contribution in [0, 0.1) is 0 Å². The van der Waals surface area contributed by atoms with Crippen molar-refractivity contribution in [1.82, 2.24) is 5.32 Å². The van der Waals surface area contributed by atoms with Gasteiger partial charge < -0.3 is 10.6 Å². The topological polar surface area (TPSA) is 58.2 Å². The van der Waals surface area contributed by atoms with Crippen molar-refractivity contribution in [3.05, 3.63) is 63.6 Å². The Kier molecular flexibility index (Phi) is 5.92. The third kappa shape index (κ3) is 5.37. The van der Waals surface area contributed by atoms with Crippen LogP contribution in [0.25, 0.3) is 0 Å². The summed E-state index contributed by atoms with van der Waals surface area (Å²) in [7, 11) is 0. The quantitative estimate of drug-likeness (QED) is 0.813. The molecule has 0 saturated heterocycles. The molecule has 132 valence electrons. The highest BCUT2D eigenvalue weighted by atomic mass is 35.5. The Morgan fingerprint density at radius 2 is 1.76 bits per heavy atom. The predicted molar refractivity (Wildman–Crippen MR) is 88.9 cm³/mol. The number of hydrogen-bond acceptors (Lipinski definition) is 2. The molecular formula is C16H11Cl2F3N2O2. The van der Waals surface area contributed by atoms with E-state index >= 15 is 0 Å². The molecule has 0 saturated carbocycles. The van der Waals surface area contributed by atoms with E-state index in [1.807, 2.05) is 0 Å². The van der Waals surface area contributed by atoms with Gasteiger partial charge in [0.05, 0.1) is 22.8 Å². The van der Waals surface area contributed by atoms with E-state index in [-0.39, 0.29) is 16.3 Å². The average Bonchev–Trinajstić information content (AvgIpc) is 2.53. The van der Waals surface area contributed by atoms with E-state index in [1.54, 1.807) is 12.1 Å². The molecule has 2 rings (SSSR count). The first-order valence-electron chi connectivity index (χ1n) is 6.87. The second-order valence-corrected chi connectivity index (χ2v) is 5.78. The van der Waals surface area contributed by atoms with E-state index < -0.39 is 30.1 Å². The summed E-state index contributed by atoms with van der Waals surface area (Å²) in [5.74, 6) is -1.27. The highest BCUT2D eigenvalue weighted by Gasteiger charge is 2.31. The fourth-order valence-corrected chi connectivity index (χ4v) is 2.24. The van der Waals surface area contributed by atoms with Crippen LogP contribution in [-0.4, -0.2) is 18.4 Å². The maximum absolute atomic E-state index is 12.7. The number of anilines is 1. The van der Waals surface area contributed by atoms with Crippen LogP contribution in [0.15, 0.2) is 42.5 Å². The highest BCUT2D eigenvalue weighted by Crippen LogP contribution is 2.33. The van der Waals surface area contributed by atoms with Crippen LogP contribution in [0.5, 0.6) is 0 Å². The van der Waals surface area contributed by atoms with Crippen molar-refractivity contribution in [2.75, 3.05) is 11.9 Å². The van der Waals surface area contributed by atoms with Gasteiger partial charge in [0, 0.05) is 10.6 Å². The van der Waals surface area contributed by atoms with Gasteiger partial charge in [0.1, 0.15) is 0 Å². The molecule has 2 aromatic rings. The van der Waals surface area contributed by atoms with Crippen LogP contribution in [0.2, 0.25) is 10.0 Å². The fraction of sp³-hybridized carbons (Fsp3) is 0.125. The summed E-state index contributed by atoms with van der Waals surface area (Å²) in [5.41, 5.74) is -0.897. The molecule has 2 aromatic carbocycles. The second-order valence-electron chi connectivity index (χ2n) is 4.93. The lowest BCUT2D eigenvalue weighted by atomic mass is 10.2. The molecule has 0 heterocycles. The largest absolute Gasteiger partial charge is 0.416 e. The van der Waals surface area contributed by atoms with Crippen LogP contribution in [0.4, 0.5) is 18.9 Å². The molecule has 0 fully saturated rings. The van der Waals surface area contributed by atoms with Gasteiger partial charge in [-0.3, -0.25) is 9.59 Å². The fourth-order valence-electron chi connectivity index (χ4n) is 1.88.